The Kier molecular flexibility index (Phi) is 6.58. The average Bonchev–Trinajstić information content (AvgIpc) is 2.80. The van der Waals surface area contributed by atoms with Crippen molar-refractivity contribution in [3.8, 4) is 0 Å². The van der Waals surface area contributed by atoms with Gasteiger partial charge in [-0.05, 0) is 48.7 Å². The van der Waals surface area contributed by atoms with Crippen LogP contribution in [0, 0.1) is 12.3 Å². The second-order valence-corrected chi connectivity index (χ2v) is 13.2. The van der Waals surface area contributed by atoms with Crippen molar-refractivity contribution >= 4 is 8.07 Å². The lowest BCUT2D eigenvalue weighted by Crippen LogP contribution is -2.59. The normalized spacial score (nSPS) is 19.9. The van der Waals surface area contributed by atoms with E-state index in [1.807, 2.05) is 0 Å². The quantitative estimate of drug-likeness (QED) is 0.551. The van der Waals surface area contributed by atoms with Gasteiger partial charge < -0.3 is 4.74 Å². The van der Waals surface area contributed by atoms with Crippen LogP contribution in [0.1, 0.15) is 67.7 Å². The van der Waals surface area contributed by atoms with Gasteiger partial charge in [0.2, 0.25) is 0 Å². The third-order valence-corrected chi connectivity index (χ3v) is 13.0. The molecule has 1 rings (SSSR count). The van der Waals surface area contributed by atoms with Crippen molar-refractivity contribution in [3.05, 3.63) is 6.42 Å². The number of ether oxygens (including phenoxy) is 1. The lowest BCUT2D eigenvalue weighted by atomic mass is 10.1. The van der Waals surface area contributed by atoms with Gasteiger partial charge in [0.05, 0.1) is 13.8 Å². The maximum Gasteiger partial charge on any atom is 0.0955 e. The van der Waals surface area contributed by atoms with Crippen LogP contribution in [0.5, 0.6) is 0 Å². The van der Waals surface area contributed by atoms with Gasteiger partial charge >= 0.3 is 0 Å². The molecule has 1 aliphatic carbocycles. The first-order chi connectivity index (χ1) is 8.88. The SMILES string of the molecule is CCOC(C1[CH]CCC1)[Si](C(C)C)(C(C)C)C(C)C. The summed E-state index contributed by atoms with van der Waals surface area (Å²) in [5.74, 6) is 0.721. The molecule has 0 aromatic rings. The Morgan fingerprint density at radius 3 is 1.89 bits per heavy atom. The zero-order valence-corrected chi connectivity index (χ0v) is 15.2. The van der Waals surface area contributed by atoms with Gasteiger partial charge in [-0.1, -0.05) is 48.0 Å². The fraction of sp³-hybridized carbons (Fsp3) is 0.941. The third kappa shape index (κ3) is 3.26. The summed E-state index contributed by atoms with van der Waals surface area (Å²) in [5.41, 5.74) is 2.90. The van der Waals surface area contributed by atoms with Crippen LogP contribution in [0.3, 0.4) is 0 Å². The highest BCUT2D eigenvalue weighted by Crippen LogP contribution is 2.49. The van der Waals surface area contributed by atoms with Gasteiger partial charge in [0, 0.05) is 6.61 Å². The predicted octanol–water partition coefficient (Wildman–Crippen LogP) is 5.61. The molecule has 0 aromatic heterocycles. The smallest absolute Gasteiger partial charge is 0.0955 e. The molecular formula is C17H35OSi. The summed E-state index contributed by atoms with van der Waals surface area (Å²) < 4.78 is 6.41. The van der Waals surface area contributed by atoms with Crippen LogP contribution in [0.25, 0.3) is 0 Å². The topological polar surface area (TPSA) is 9.23 Å². The molecule has 0 heterocycles. The van der Waals surface area contributed by atoms with Crippen LogP contribution in [0.4, 0.5) is 0 Å². The highest BCUT2D eigenvalue weighted by molar-refractivity contribution is 6.84. The van der Waals surface area contributed by atoms with E-state index in [0.29, 0.717) is 5.73 Å². The lowest BCUT2D eigenvalue weighted by Gasteiger charge is -2.50. The molecule has 1 fully saturated rings. The Hall–Kier alpha value is 0.177. The van der Waals surface area contributed by atoms with Gasteiger partial charge in [0.25, 0.3) is 0 Å². The Balaban J connectivity index is 3.15. The van der Waals surface area contributed by atoms with Crippen LogP contribution in [-0.2, 0) is 4.74 Å². The Morgan fingerprint density at radius 1 is 1.05 bits per heavy atom. The van der Waals surface area contributed by atoms with Crippen molar-refractivity contribution in [2.45, 2.75) is 90.1 Å². The van der Waals surface area contributed by atoms with Crippen LogP contribution in [-0.4, -0.2) is 20.4 Å². The van der Waals surface area contributed by atoms with E-state index in [1.165, 1.54) is 19.3 Å². The lowest BCUT2D eigenvalue weighted by molar-refractivity contribution is 0.0755. The molecule has 2 heteroatoms. The van der Waals surface area contributed by atoms with E-state index in [9.17, 15) is 0 Å². The monoisotopic (exact) mass is 283 g/mol. The van der Waals surface area contributed by atoms with E-state index in [0.717, 1.165) is 29.1 Å². The molecule has 2 unspecified atom stereocenters. The van der Waals surface area contributed by atoms with Gasteiger partial charge in [0.15, 0.2) is 0 Å². The summed E-state index contributed by atoms with van der Waals surface area (Å²) in [6.45, 7) is 17.7. The van der Waals surface area contributed by atoms with Crippen molar-refractivity contribution in [3.63, 3.8) is 0 Å². The number of hydrogen-bond acceptors (Lipinski definition) is 1. The van der Waals surface area contributed by atoms with E-state index in [1.54, 1.807) is 0 Å². The van der Waals surface area contributed by atoms with E-state index in [4.69, 9.17) is 4.74 Å². The highest BCUT2D eigenvalue weighted by atomic mass is 28.3. The van der Waals surface area contributed by atoms with Crippen LogP contribution >= 0.6 is 0 Å². The van der Waals surface area contributed by atoms with Crippen LogP contribution in [0.15, 0.2) is 0 Å². The first-order valence-corrected chi connectivity index (χ1v) is 10.6. The second kappa shape index (κ2) is 7.26. The number of rotatable bonds is 7. The molecule has 0 spiro atoms. The molecule has 2 atom stereocenters. The minimum atomic E-state index is -1.50. The molecule has 0 bridgehead atoms. The molecule has 0 aromatic carbocycles. The molecule has 19 heavy (non-hydrogen) atoms. The van der Waals surface area contributed by atoms with Gasteiger partial charge in [-0.25, -0.2) is 0 Å². The molecule has 113 valence electrons. The second-order valence-electron chi connectivity index (χ2n) is 7.17. The van der Waals surface area contributed by atoms with Crippen LogP contribution < -0.4 is 0 Å². The largest absolute Gasteiger partial charge is 0.382 e. The zero-order valence-electron chi connectivity index (χ0n) is 14.2. The van der Waals surface area contributed by atoms with E-state index in [2.05, 4.69) is 54.9 Å². The van der Waals surface area contributed by atoms with Crippen molar-refractivity contribution in [2.75, 3.05) is 6.61 Å². The molecule has 1 radical (unpaired) electrons. The maximum atomic E-state index is 6.41. The van der Waals surface area contributed by atoms with Gasteiger partial charge in [0.1, 0.15) is 0 Å². The number of hydrogen-bond donors (Lipinski definition) is 0. The summed E-state index contributed by atoms with van der Waals surface area (Å²) in [6.07, 6.45) is 6.58. The van der Waals surface area contributed by atoms with Crippen molar-refractivity contribution in [2.24, 2.45) is 5.92 Å². The van der Waals surface area contributed by atoms with Gasteiger partial charge in [-0.2, -0.15) is 0 Å². The van der Waals surface area contributed by atoms with Crippen molar-refractivity contribution in [1.82, 2.24) is 0 Å². The van der Waals surface area contributed by atoms with E-state index in [-0.39, 0.29) is 0 Å². The molecule has 1 saturated carbocycles. The fourth-order valence-electron chi connectivity index (χ4n) is 4.88. The van der Waals surface area contributed by atoms with Gasteiger partial charge in [-0.15, -0.1) is 0 Å². The summed E-state index contributed by atoms with van der Waals surface area (Å²) >= 11 is 0. The van der Waals surface area contributed by atoms with Gasteiger partial charge in [-0.3, -0.25) is 0 Å². The Labute approximate surface area is 122 Å². The first-order valence-electron chi connectivity index (χ1n) is 8.33. The minimum absolute atomic E-state index is 0.528. The summed E-state index contributed by atoms with van der Waals surface area (Å²) in [6, 6.07) is 0. The van der Waals surface area contributed by atoms with Crippen molar-refractivity contribution < 1.29 is 4.74 Å². The van der Waals surface area contributed by atoms with Crippen LogP contribution in [0.2, 0.25) is 16.6 Å². The third-order valence-electron chi connectivity index (χ3n) is 5.44. The Morgan fingerprint density at radius 2 is 1.58 bits per heavy atom. The van der Waals surface area contributed by atoms with E-state index < -0.39 is 8.07 Å². The highest BCUT2D eigenvalue weighted by Gasteiger charge is 2.52. The first kappa shape index (κ1) is 17.2. The summed E-state index contributed by atoms with van der Waals surface area (Å²) in [7, 11) is -1.50. The molecule has 0 amide bonds. The summed E-state index contributed by atoms with van der Waals surface area (Å²) in [5, 5.41) is 0. The Bertz CT molecular complexity index is 232. The molecular weight excluding hydrogens is 248 g/mol. The fourth-order valence-corrected chi connectivity index (χ4v) is 12.4. The van der Waals surface area contributed by atoms with Crippen molar-refractivity contribution in [1.29, 1.82) is 0 Å². The molecule has 0 N–H and O–H groups in total. The standard InChI is InChI=1S/C17H35OSi/c1-8-18-17(16-11-9-10-12-16)19(13(2)3,14(4)5)15(6)7/h11,13-17H,8-10,12H2,1-7H3. The predicted molar refractivity (Wildman–Crippen MR) is 88.1 cm³/mol. The maximum absolute atomic E-state index is 6.41. The molecule has 0 aliphatic heterocycles. The minimum Gasteiger partial charge on any atom is -0.382 e. The molecule has 1 aliphatic rings. The van der Waals surface area contributed by atoms with E-state index >= 15 is 0 Å². The summed E-state index contributed by atoms with van der Waals surface area (Å²) in [4.78, 5) is 0. The average molecular weight is 284 g/mol. The molecule has 1 nitrogen and oxygen atoms in total. The zero-order chi connectivity index (χ0) is 14.6. The molecule has 0 saturated heterocycles.